The molecule has 1 atom stereocenters. The van der Waals surface area contributed by atoms with Crippen molar-refractivity contribution < 1.29 is 22.3 Å². The van der Waals surface area contributed by atoms with Crippen LogP contribution >= 0.6 is 0 Å². The first-order valence-corrected chi connectivity index (χ1v) is 8.43. The minimum absolute atomic E-state index is 0.123. The van der Waals surface area contributed by atoms with Gasteiger partial charge in [0, 0.05) is 18.0 Å². The lowest BCUT2D eigenvalue weighted by molar-refractivity contribution is 0.140. The second kappa shape index (κ2) is 8.96. The molecule has 0 amide bonds. The number of halogens is 4. The number of hydrogen-bond donors (Lipinski definition) is 0. The molecule has 26 heavy (non-hydrogen) atoms. The van der Waals surface area contributed by atoms with E-state index >= 15 is 0 Å². The van der Waals surface area contributed by atoms with Gasteiger partial charge in [0.1, 0.15) is 5.69 Å². The first-order valence-electron chi connectivity index (χ1n) is 8.43. The topological polar surface area (TPSA) is 35.0 Å². The summed E-state index contributed by atoms with van der Waals surface area (Å²) in [5, 5.41) is 0. The second-order valence-corrected chi connectivity index (χ2v) is 6.73. The van der Waals surface area contributed by atoms with Gasteiger partial charge in [-0.3, -0.25) is 4.98 Å². The maximum Gasteiger partial charge on any atom is 0.280 e. The molecule has 3 nitrogen and oxygen atoms in total. The highest BCUT2D eigenvalue weighted by molar-refractivity contribution is 5.64. The van der Waals surface area contributed by atoms with E-state index < -0.39 is 18.5 Å². The third kappa shape index (κ3) is 5.41. The van der Waals surface area contributed by atoms with Crippen molar-refractivity contribution in [3.63, 3.8) is 0 Å². The summed E-state index contributed by atoms with van der Waals surface area (Å²) >= 11 is 0. The lowest BCUT2D eigenvalue weighted by atomic mass is 10.00. The SMILES string of the molecule is CC(C)CC(C)COc1ncc(-c2ccnc(C(F)F)c2)cc1C(F)F. The van der Waals surface area contributed by atoms with Crippen LogP contribution in [0.3, 0.4) is 0 Å². The molecule has 2 heterocycles. The Labute approximate surface area is 150 Å². The maximum absolute atomic E-state index is 13.4. The van der Waals surface area contributed by atoms with Gasteiger partial charge in [-0.1, -0.05) is 20.8 Å². The van der Waals surface area contributed by atoms with E-state index in [1.165, 1.54) is 30.6 Å². The van der Waals surface area contributed by atoms with Crippen LogP contribution in [0, 0.1) is 11.8 Å². The summed E-state index contributed by atoms with van der Waals surface area (Å²) in [6.45, 7) is 6.43. The number of ether oxygens (including phenoxy) is 1. The number of nitrogens with zero attached hydrogens (tertiary/aromatic N) is 2. The number of rotatable bonds is 8. The second-order valence-electron chi connectivity index (χ2n) is 6.73. The normalized spacial score (nSPS) is 12.8. The Kier molecular flexibility index (Phi) is 6.94. The number of alkyl halides is 4. The van der Waals surface area contributed by atoms with Crippen molar-refractivity contribution in [1.29, 1.82) is 0 Å². The van der Waals surface area contributed by atoms with Gasteiger partial charge in [-0.2, -0.15) is 0 Å². The van der Waals surface area contributed by atoms with Crippen molar-refractivity contribution in [2.45, 2.75) is 40.0 Å². The van der Waals surface area contributed by atoms with E-state index in [1.807, 2.05) is 6.92 Å². The number of pyridine rings is 2. The molecule has 2 aromatic heterocycles. The first-order chi connectivity index (χ1) is 12.3. The van der Waals surface area contributed by atoms with E-state index in [0.717, 1.165) is 6.42 Å². The van der Waals surface area contributed by atoms with E-state index in [1.54, 1.807) is 0 Å². The van der Waals surface area contributed by atoms with Crippen LogP contribution in [0.4, 0.5) is 17.6 Å². The molecule has 2 rings (SSSR count). The average Bonchev–Trinajstić information content (AvgIpc) is 2.59. The fraction of sp³-hybridized carbons (Fsp3) is 0.474. The quantitative estimate of drug-likeness (QED) is 0.528. The lowest BCUT2D eigenvalue weighted by Gasteiger charge is -2.16. The van der Waals surface area contributed by atoms with Crippen LogP contribution in [0.25, 0.3) is 11.1 Å². The predicted octanol–water partition coefficient (Wildman–Crippen LogP) is 6.08. The van der Waals surface area contributed by atoms with Gasteiger partial charge < -0.3 is 4.74 Å². The Hall–Kier alpha value is -2.18. The summed E-state index contributed by atoms with van der Waals surface area (Å²) in [6, 6.07) is 3.87. The van der Waals surface area contributed by atoms with E-state index in [0.29, 0.717) is 17.0 Å². The Bertz CT molecular complexity index is 722. The molecular formula is C19H22F4N2O. The molecule has 0 saturated heterocycles. The molecule has 0 aliphatic carbocycles. The zero-order chi connectivity index (χ0) is 19.3. The standard InChI is InChI=1S/C19H22F4N2O/c1-11(2)6-12(3)10-26-19-15(17(20)21)7-14(9-25-19)13-4-5-24-16(8-13)18(22)23/h4-5,7-9,11-12,17-18H,6,10H2,1-3H3. The molecule has 0 aromatic carbocycles. The van der Waals surface area contributed by atoms with Crippen molar-refractivity contribution in [3.05, 3.63) is 41.9 Å². The Morgan fingerprint density at radius 3 is 2.31 bits per heavy atom. The molecule has 142 valence electrons. The Morgan fingerprint density at radius 1 is 0.962 bits per heavy atom. The smallest absolute Gasteiger partial charge is 0.280 e. The van der Waals surface area contributed by atoms with Gasteiger partial charge >= 0.3 is 0 Å². The summed E-state index contributed by atoms with van der Waals surface area (Å²) in [7, 11) is 0. The maximum atomic E-state index is 13.4. The van der Waals surface area contributed by atoms with Gasteiger partial charge in [-0.25, -0.2) is 22.5 Å². The summed E-state index contributed by atoms with van der Waals surface area (Å²) < 4.78 is 57.9. The van der Waals surface area contributed by atoms with E-state index in [-0.39, 0.29) is 24.0 Å². The van der Waals surface area contributed by atoms with Gasteiger partial charge in [-0.15, -0.1) is 0 Å². The van der Waals surface area contributed by atoms with Gasteiger partial charge in [-0.05, 0) is 42.0 Å². The highest BCUT2D eigenvalue weighted by Crippen LogP contribution is 2.32. The molecular weight excluding hydrogens is 348 g/mol. The fourth-order valence-electron chi connectivity index (χ4n) is 2.75. The monoisotopic (exact) mass is 370 g/mol. The van der Waals surface area contributed by atoms with Crippen molar-refractivity contribution in [2.75, 3.05) is 6.61 Å². The minimum Gasteiger partial charge on any atom is -0.477 e. The first kappa shape index (κ1) is 20.1. The van der Waals surface area contributed by atoms with Crippen LogP contribution in [0.15, 0.2) is 30.6 Å². The van der Waals surface area contributed by atoms with Gasteiger partial charge in [0.15, 0.2) is 0 Å². The molecule has 2 aromatic rings. The zero-order valence-electron chi connectivity index (χ0n) is 14.9. The van der Waals surface area contributed by atoms with E-state index in [2.05, 4.69) is 23.8 Å². The van der Waals surface area contributed by atoms with E-state index in [9.17, 15) is 17.6 Å². The van der Waals surface area contributed by atoms with Crippen LogP contribution in [-0.4, -0.2) is 16.6 Å². The molecule has 0 aliphatic heterocycles. The minimum atomic E-state index is -2.78. The van der Waals surface area contributed by atoms with Crippen LogP contribution in [-0.2, 0) is 0 Å². The van der Waals surface area contributed by atoms with Crippen molar-refractivity contribution in [2.24, 2.45) is 11.8 Å². The molecule has 0 aliphatic rings. The lowest BCUT2D eigenvalue weighted by Crippen LogP contribution is -2.12. The Balaban J connectivity index is 2.24. The predicted molar refractivity (Wildman–Crippen MR) is 91.5 cm³/mol. The van der Waals surface area contributed by atoms with Gasteiger partial charge in [0.05, 0.1) is 12.2 Å². The fourth-order valence-corrected chi connectivity index (χ4v) is 2.75. The number of hydrogen-bond acceptors (Lipinski definition) is 3. The van der Waals surface area contributed by atoms with Crippen molar-refractivity contribution in [1.82, 2.24) is 9.97 Å². The summed E-state index contributed by atoms with van der Waals surface area (Å²) in [5.74, 6) is 0.563. The average molecular weight is 370 g/mol. The molecule has 7 heteroatoms. The molecule has 0 radical (unpaired) electrons. The van der Waals surface area contributed by atoms with E-state index in [4.69, 9.17) is 4.74 Å². The van der Waals surface area contributed by atoms with Crippen LogP contribution < -0.4 is 4.74 Å². The molecule has 0 saturated carbocycles. The molecule has 0 spiro atoms. The highest BCUT2D eigenvalue weighted by Gasteiger charge is 2.19. The summed E-state index contributed by atoms with van der Waals surface area (Å²) in [4.78, 5) is 7.56. The summed E-state index contributed by atoms with van der Waals surface area (Å²) in [5.41, 5.74) is -0.102. The largest absolute Gasteiger partial charge is 0.477 e. The summed E-state index contributed by atoms with van der Waals surface area (Å²) in [6.07, 6.45) is -2.04. The van der Waals surface area contributed by atoms with Gasteiger partial charge in [0.2, 0.25) is 5.88 Å². The highest BCUT2D eigenvalue weighted by atomic mass is 19.3. The number of aromatic nitrogens is 2. The third-order valence-electron chi connectivity index (χ3n) is 3.83. The van der Waals surface area contributed by atoms with Crippen molar-refractivity contribution >= 4 is 0 Å². The zero-order valence-corrected chi connectivity index (χ0v) is 14.9. The molecule has 0 bridgehead atoms. The van der Waals surface area contributed by atoms with Crippen LogP contribution in [0.1, 0.15) is 51.3 Å². The molecule has 0 fully saturated rings. The molecule has 0 N–H and O–H groups in total. The Morgan fingerprint density at radius 2 is 1.69 bits per heavy atom. The third-order valence-corrected chi connectivity index (χ3v) is 3.83. The molecule has 1 unspecified atom stereocenters. The van der Waals surface area contributed by atoms with Crippen LogP contribution in [0.2, 0.25) is 0 Å². The van der Waals surface area contributed by atoms with Crippen molar-refractivity contribution in [3.8, 4) is 17.0 Å². The van der Waals surface area contributed by atoms with Crippen LogP contribution in [0.5, 0.6) is 5.88 Å². The van der Waals surface area contributed by atoms with Gasteiger partial charge in [0.25, 0.3) is 12.9 Å².